The first kappa shape index (κ1) is 15.5. The Kier molecular flexibility index (Phi) is 5.24. The lowest BCUT2D eigenvalue weighted by molar-refractivity contribution is 0.177. The van der Waals surface area contributed by atoms with E-state index in [2.05, 4.69) is 31.9 Å². The number of aliphatic hydroxyl groups excluding tert-OH is 1. The molecule has 4 heteroatoms. The Morgan fingerprint density at radius 2 is 1.90 bits per heavy atom. The minimum absolute atomic E-state index is 0.537. The van der Waals surface area contributed by atoms with E-state index in [1.165, 1.54) is 0 Å². The Hall–Kier alpha value is -0.840. The largest absolute Gasteiger partial charge is 0.497 e. The SMILES string of the molecule is COc1ccc(Br)c(CC(O)c2cccc(Br)c2C)c1. The van der Waals surface area contributed by atoms with E-state index in [0.29, 0.717) is 6.42 Å². The van der Waals surface area contributed by atoms with Gasteiger partial charge < -0.3 is 9.84 Å². The first-order chi connectivity index (χ1) is 9.52. The van der Waals surface area contributed by atoms with Gasteiger partial charge >= 0.3 is 0 Å². The highest BCUT2D eigenvalue weighted by Gasteiger charge is 2.14. The minimum atomic E-state index is -0.545. The van der Waals surface area contributed by atoms with E-state index < -0.39 is 6.10 Å². The zero-order chi connectivity index (χ0) is 14.7. The summed E-state index contributed by atoms with van der Waals surface area (Å²) in [6.45, 7) is 2.00. The molecule has 0 fully saturated rings. The molecule has 20 heavy (non-hydrogen) atoms. The summed E-state index contributed by atoms with van der Waals surface area (Å²) in [5, 5.41) is 10.5. The molecule has 1 N–H and O–H groups in total. The predicted octanol–water partition coefficient (Wildman–Crippen LogP) is 4.80. The van der Waals surface area contributed by atoms with Crippen molar-refractivity contribution in [2.45, 2.75) is 19.4 Å². The summed E-state index contributed by atoms with van der Waals surface area (Å²) < 4.78 is 7.22. The molecule has 2 rings (SSSR count). The van der Waals surface area contributed by atoms with Gasteiger partial charge in [-0.15, -0.1) is 0 Å². The van der Waals surface area contributed by atoms with E-state index in [1.54, 1.807) is 7.11 Å². The lowest BCUT2D eigenvalue weighted by atomic mass is 9.98. The van der Waals surface area contributed by atoms with Gasteiger partial charge in [0.25, 0.3) is 0 Å². The van der Waals surface area contributed by atoms with Crippen LogP contribution < -0.4 is 4.74 Å². The zero-order valence-electron chi connectivity index (χ0n) is 11.4. The first-order valence-corrected chi connectivity index (χ1v) is 7.87. The molecule has 1 unspecified atom stereocenters. The van der Waals surface area contributed by atoms with Crippen LogP contribution in [-0.4, -0.2) is 12.2 Å². The van der Waals surface area contributed by atoms with Crippen molar-refractivity contribution < 1.29 is 9.84 Å². The van der Waals surface area contributed by atoms with Gasteiger partial charge in [-0.25, -0.2) is 0 Å². The maximum atomic E-state index is 10.5. The average molecular weight is 400 g/mol. The summed E-state index contributed by atoms with van der Waals surface area (Å²) in [5.41, 5.74) is 3.03. The monoisotopic (exact) mass is 398 g/mol. The van der Waals surface area contributed by atoms with Crippen LogP contribution in [0.5, 0.6) is 5.75 Å². The highest BCUT2D eigenvalue weighted by molar-refractivity contribution is 9.10. The fourth-order valence-corrected chi connectivity index (χ4v) is 2.93. The molecule has 0 saturated heterocycles. The molecule has 0 aliphatic heterocycles. The molecule has 2 nitrogen and oxygen atoms in total. The van der Waals surface area contributed by atoms with Crippen LogP contribution in [-0.2, 0) is 6.42 Å². The van der Waals surface area contributed by atoms with Crippen LogP contribution in [0.2, 0.25) is 0 Å². The molecule has 0 amide bonds. The van der Waals surface area contributed by atoms with Gasteiger partial charge in [-0.2, -0.15) is 0 Å². The number of halogens is 2. The average Bonchev–Trinajstić information content (AvgIpc) is 2.44. The number of aliphatic hydroxyl groups is 1. The molecule has 0 aliphatic carbocycles. The van der Waals surface area contributed by atoms with Crippen molar-refractivity contribution in [1.29, 1.82) is 0 Å². The highest BCUT2D eigenvalue weighted by atomic mass is 79.9. The topological polar surface area (TPSA) is 29.5 Å². The maximum absolute atomic E-state index is 10.5. The Morgan fingerprint density at radius 1 is 1.15 bits per heavy atom. The van der Waals surface area contributed by atoms with E-state index in [0.717, 1.165) is 31.4 Å². The standard InChI is InChI=1S/C16H16Br2O2/c1-10-13(4-3-5-14(10)17)16(19)9-11-8-12(20-2)6-7-15(11)18/h3-8,16,19H,9H2,1-2H3. The fourth-order valence-electron chi connectivity index (χ4n) is 2.14. The summed E-state index contributed by atoms with van der Waals surface area (Å²) >= 11 is 7.01. The zero-order valence-corrected chi connectivity index (χ0v) is 14.5. The van der Waals surface area contributed by atoms with E-state index in [9.17, 15) is 5.11 Å². The Balaban J connectivity index is 2.27. The van der Waals surface area contributed by atoms with Gasteiger partial charge in [0, 0.05) is 15.4 Å². The van der Waals surface area contributed by atoms with Crippen LogP contribution in [0.4, 0.5) is 0 Å². The molecule has 0 aliphatic rings. The first-order valence-electron chi connectivity index (χ1n) is 6.28. The molecule has 2 aromatic carbocycles. The highest BCUT2D eigenvalue weighted by Crippen LogP contribution is 2.30. The number of hydrogen-bond acceptors (Lipinski definition) is 2. The van der Waals surface area contributed by atoms with Crippen molar-refractivity contribution in [3.05, 3.63) is 62.0 Å². The second-order valence-corrected chi connectivity index (χ2v) is 6.34. The van der Waals surface area contributed by atoms with E-state index in [4.69, 9.17) is 4.74 Å². The summed E-state index contributed by atoms with van der Waals surface area (Å²) in [4.78, 5) is 0. The van der Waals surface area contributed by atoms with Gasteiger partial charge in [0.2, 0.25) is 0 Å². The van der Waals surface area contributed by atoms with Gasteiger partial charge in [0.15, 0.2) is 0 Å². The second kappa shape index (κ2) is 6.74. The molecular formula is C16H16Br2O2. The van der Waals surface area contributed by atoms with Crippen LogP contribution in [0, 0.1) is 6.92 Å². The summed E-state index contributed by atoms with van der Waals surface area (Å²) in [7, 11) is 1.64. The number of ether oxygens (including phenoxy) is 1. The Bertz CT molecular complexity index is 611. The second-order valence-electron chi connectivity index (χ2n) is 4.63. The van der Waals surface area contributed by atoms with Crippen molar-refractivity contribution in [1.82, 2.24) is 0 Å². The fraction of sp³-hybridized carbons (Fsp3) is 0.250. The van der Waals surface area contributed by atoms with Crippen molar-refractivity contribution >= 4 is 31.9 Å². The van der Waals surface area contributed by atoms with E-state index in [-0.39, 0.29) is 0 Å². The smallest absolute Gasteiger partial charge is 0.119 e. The molecule has 0 radical (unpaired) electrons. The number of rotatable bonds is 4. The lowest BCUT2D eigenvalue weighted by Gasteiger charge is -2.16. The van der Waals surface area contributed by atoms with Gasteiger partial charge in [-0.05, 0) is 47.9 Å². The van der Waals surface area contributed by atoms with E-state index in [1.807, 2.05) is 43.3 Å². The molecule has 106 valence electrons. The van der Waals surface area contributed by atoms with Crippen LogP contribution >= 0.6 is 31.9 Å². The summed E-state index contributed by atoms with van der Waals surface area (Å²) in [6, 6.07) is 11.7. The summed E-state index contributed by atoms with van der Waals surface area (Å²) in [6.07, 6.45) is -0.00867. The lowest BCUT2D eigenvalue weighted by Crippen LogP contribution is -2.05. The van der Waals surface area contributed by atoms with Crippen molar-refractivity contribution in [3.63, 3.8) is 0 Å². The van der Waals surface area contributed by atoms with Crippen molar-refractivity contribution in [2.24, 2.45) is 0 Å². The molecule has 2 aromatic rings. The van der Waals surface area contributed by atoms with Crippen LogP contribution in [0.1, 0.15) is 22.8 Å². The van der Waals surface area contributed by atoms with Gasteiger partial charge in [0.05, 0.1) is 13.2 Å². The number of methoxy groups -OCH3 is 1. The Labute approximate surface area is 136 Å². The summed E-state index contributed by atoms with van der Waals surface area (Å²) in [5.74, 6) is 0.793. The molecule has 0 heterocycles. The molecule has 0 aromatic heterocycles. The molecule has 0 spiro atoms. The predicted molar refractivity (Wildman–Crippen MR) is 88.2 cm³/mol. The normalized spacial score (nSPS) is 12.2. The third-order valence-electron chi connectivity index (χ3n) is 3.33. The molecule has 0 bridgehead atoms. The van der Waals surface area contributed by atoms with E-state index >= 15 is 0 Å². The van der Waals surface area contributed by atoms with Crippen LogP contribution in [0.3, 0.4) is 0 Å². The third kappa shape index (κ3) is 3.43. The van der Waals surface area contributed by atoms with Gasteiger partial charge in [-0.3, -0.25) is 0 Å². The van der Waals surface area contributed by atoms with Crippen molar-refractivity contribution in [3.8, 4) is 5.75 Å². The Morgan fingerprint density at radius 3 is 2.60 bits per heavy atom. The number of hydrogen-bond donors (Lipinski definition) is 1. The minimum Gasteiger partial charge on any atom is -0.497 e. The molecule has 0 saturated carbocycles. The molecule has 1 atom stereocenters. The van der Waals surface area contributed by atoms with Crippen molar-refractivity contribution in [2.75, 3.05) is 7.11 Å². The maximum Gasteiger partial charge on any atom is 0.119 e. The molecular weight excluding hydrogens is 384 g/mol. The van der Waals surface area contributed by atoms with Crippen LogP contribution in [0.25, 0.3) is 0 Å². The van der Waals surface area contributed by atoms with Gasteiger partial charge in [0.1, 0.15) is 5.75 Å². The van der Waals surface area contributed by atoms with Gasteiger partial charge in [-0.1, -0.05) is 44.0 Å². The van der Waals surface area contributed by atoms with Crippen LogP contribution in [0.15, 0.2) is 45.3 Å². The number of benzene rings is 2. The third-order valence-corrected chi connectivity index (χ3v) is 4.97. The quantitative estimate of drug-likeness (QED) is 0.799.